The van der Waals surface area contributed by atoms with E-state index in [9.17, 15) is 0 Å². The van der Waals surface area contributed by atoms with Crippen molar-refractivity contribution in [3.05, 3.63) is 17.0 Å². The van der Waals surface area contributed by atoms with Gasteiger partial charge in [0.25, 0.3) is 0 Å². The highest BCUT2D eigenvalue weighted by molar-refractivity contribution is 5.31. The smallest absolute Gasteiger partial charge is 0.0888 e. The molecule has 3 aliphatic rings. The third-order valence-electron chi connectivity index (χ3n) is 6.88. The van der Waals surface area contributed by atoms with Crippen molar-refractivity contribution in [1.82, 2.24) is 20.0 Å². The van der Waals surface area contributed by atoms with Crippen LogP contribution >= 0.6 is 0 Å². The predicted octanol–water partition coefficient (Wildman–Crippen LogP) is 2.52. The summed E-state index contributed by atoms with van der Waals surface area (Å²) in [4.78, 5) is 2.38. The van der Waals surface area contributed by atoms with Gasteiger partial charge in [0.2, 0.25) is 0 Å². The molecule has 2 aliphatic heterocycles. The maximum atomic E-state index is 5.84. The Labute approximate surface area is 163 Å². The number of hydrogen-bond acceptors (Lipinski definition) is 5. The third-order valence-corrected chi connectivity index (χ3v) is 6.88. The van der Waals surface area contributed by atoms with Gasteiger partial charge in [-0.15, -0.1) is 0 Å². The summed E-state index contributed by atoms with van der Waals surface area (Å²) in [5.41, 5.74) is 4.61. The van der Waals surface area contributed by atoms with Crippen LogP contribution < -0.4 is 5.32 Å². The van der Waals surface area contributed by atoms with E-state index in [1.807, 2.05) is 7.05 Å². The van der Waals surface area contributed by atoms with Gasteiger partial charge in [0, 0.05) is 31.8 Å². The molecule has 1 N–H and O–H groups in total. The zero-order valence-electron chi connectivity index (χ0n) is 17.1. The summed E-state index contributed by atoms with van der Waals surface area (Å²) < 4.78 is 13.9. The third kappa shape index (κ3) is 4.24. The average molecular weight is 377 g/mol. The van der Waals surface area contributed by atoms with Gasteiger partial charge in [-0.25, -0.2) is 0 Å². The zero-order valence-corrected chi connectivity index (χ0v) is 17.1. The highest BCUT2D eigenvalue weighted by atomic mass is 16.5. The molecule has 0 aromatic carbocycles. The zero-order chi connectivity index (χ0) is 18.7. The molecule has 1 aromatic rings. The van der Waals surface area contributed by atoms with Crippen LogP contribution in [0.3, 0.4) is 0 Å². The lowest BCUT2D eigenvalue weighted by atomic mass is 9.66. The van der Waals surface area contributed by atoms with E-state index in [1.165, 1.54) is 55.5 Å². The van der Waals surface area contributed by atoms with Crippen LogP contribution in [0.15, 0.2) is 0 Å². The maximum Gasteiger partial charge on any atom is 0.0888 e. The van der Waals surface area contributed by atoms with Gasteiger partial charge in [0.15, 0.2) is 0 Å². The van der Waals surface area contributed by atoms with Gasteiger partial charge in [0.05, 0.1) is 37.8 Å². The summed E-state index contributed by atoms with van der Waals surface area (Å²) in [5.74, 6) is 0.635. The predicted molar refractivity (Wildman–Crippen MR) is 106 cm³/mol. The Bertz CT molecular complexity index is 614. The summed E-state index contributed by atoms with van der Waals surface area (Å²) in [5, 5.41) is 8.27. The van der Waals surface area contributed by atoms with E-state index in [4.69, 9.17) is 14.6 Å². The summed E-state index contributed by atoms with van der Waals surface area (Å²) in [6.07, 6.45) is 7.75. The normalized spacial score (nSPS) is 28.6. The molecule has 1 saturated carbocycles. The Balaban J connectivity index is 1.51. The first-order chi connectivity index (χ1) is 13.2. The minimum absolute atomic E-state index is 0.461. The van der Waals surface area contributed by atoms with E-state index in [2.05, 4.69) is 21.9 Å². The number of nitrogens with zero attached hydrogens (tertiary/aromatic N) is 3. The Hall–Kier alpha value is -0.950. The van der Waals surface area contributed by atoms with Crippen molar-refractivity contribution in [2.75, 3.05) is 47.0 Å². The first-order valence-electron chi connectivity index (χ1n) is 10.8. The van der Waals surface area contributed by atoms with Crippen LogP contribution in [0.2, 0.25) is 0 Å². The number of rotatable bonds is 6. The lowest BCUT2D eigenvalue weighted by Crippen LogP contribution is -2.35. The fourth-order valence-corrected chi connectivity index (χ4v) is 5.27. The van der Waals surface area contributed by atoms with Crippen molar-refractivity contribution >= 4 is 0 Å². The molecule has 152 valence electrons. The molecule has 0 atom stereocenters. The molecule has 0 unspecified atom stereocenters. The SMILES string of the molecule is CNCCN(C)Cc1nn2c(c1C1CCC3(CCCOC3)CC1)COCC2. The fraction of sp³-hybridized carbons (Fsp3) is 0.857. The Morgan fingerprint density at radius 1 is 1.22 bits per heavy atom. The van der Waals surface area contributed by atoms with E-state index in [0.717, 1.165) is 52.6 Å². The molecule has 1 aromatic heterocycles. The van der Waals surface area contributed by atoms with Gasteiger partial charge >= 0.3 is 0 Å². The van der Waals surface area contributed by atoms with Crippen molar-refractivity contribution in [1.29, 1.82) is 0 Å². The Kier molecular flexibility index (Phi) is 6.17. The Morgan fingerprint density at radius 3 is 2.81 bits per heavy atom. The van der Waals surface area contributed by atoms with Crippen LogP contribution in [0.5, 0.6) is 0 Å². The van der Waals surface area contributed by atoms with Crippen LogP contribution in [0, 0.1) is 5.41 Å². The first kappa shape index (κ1) is 19.4. The molecule has 0 bridgehead atoms. The molecule has 6 nitrogen and oxygen atoms in total. The van der Waals surface area contributed by atoms with Gasteiger partial charge < -0.3 is 14.8 Å². The monoisotopic (exact) mass is 376 g/mol. The molecule has 1 spiro atoms. The number of fused-ring (bicyclic) bond motifs is 1. The highest BCUT2D eigenvalue weighted by Gasteiger charge is 2.39. The van der Waals surface area contributed by atoms with Crippen LogP contribution in [-0.4, -0.2) is 61.7 Å². The standard InChI is InChI=1S/C21H36N4O2/c1-22-9-10-24(2)14-18-20(19-15-26-13-11-25(19)23-18)17-4-7-21(8-5-17)6-3-12-27-16-21/h17,22H,3-16H2,1-2H3. The van der Waals surface area contributed by atoms with Gasteiger partial charge in [-0.1, -0.05) is 0 Å². The highest BCUT2D eigenvalue weighted by Crippen LogP contribution is 2.48. The summed E-state index contributed by atoms with van der Waals surface area (Å²) in [7, 11) is 4.21. The molecule has 4 rings (SSSR count). The second-order valence-corrected chi connectivity index (χ2v) is 8.85. The Morgan fingerprint density at radius 2 is 2.07 bits per heavy atom. The lowest BCUT2D eigenvalue weighted by Gasteiger charge is -2.43. The van der Waals surface area contributed by atoms with Crippen LogP contribution in [0.1, 0.15) is 61.4 Å². The van der Waals surface area contributed by atoms with Crippen LogP contribution in [0.4, 0.5) is 0 Å². The second-order valence-electron chi connectivity index (χ2n) is 8.85. The van der Waals surface area contributed by atoms with Crippen molar-refractivity contribution in [2.45, 2.75) is 64.1 Å². The molecule has 3 heterocycles. The van der Waals surface area contributed by atoms with Crippen molar-refractivity contribution in [3.8, 4) is 0 Å². The first-order valence-corrected chi connectivity index (χ1v) is 10.8. The van der Waals surface area contributed by atoms with E-state index >= 15 is 0 Å². The molecular weight excluding hydrogens is 340 g/mol. The minimum atomic E-state index is 0.461. The molecule has 2 fully saturated rings. The number of likely N-dealkylation sites (N-methyl/N-ethyl adjacent to an activating group) is 2. The molecular formula is C21H36N4O2. The number of nitrogens with one attached hydrogen (secondary N) is 1. The molecule has 1 aliphatic carbocycles. The van der Waals surface area contributed by atoms with Crippen molar-refractivity contribution in [3.63, 3.8) is 0 Å². The van der Waals surface area contributed by atoms with E-state index in [1.54, 1.807) is 0 Å². The van der Waals surface area contributed by atoms with Crippen LogP contribution in [-0.2, 0) is 29.2 Å². The van der Waals surface area contributed by atoms with Gasteiger partial charge in [-0.05, 0) is 64.0 Å². The van der Waals surface area contributed by atoms with Gasteiger partial charge in [0.1, 0.15) is 0 Å². The topological polar surface area (TPSA) is 51.6 Å². The van der Waals surface area contributed by atoms with Crippen LogP contribution in [0.25, 0.3) is 0 Å². The molecule has 6 heteroatoms. The van der Waals surface area contributed by atoms with Crippen molar-refractivity contribution < 1.29 is 9.47 Å². The van der Waals surface area contributed by atoms with Gasteiger partial charge in [-0.3, -0.25) is 9.58 Å². The number of aromatic nitrogens is 2. The number of ether oxygens (including phenoxy) is 2. The summed E-state index contributed by atoms with van der Waals surface area (Å²) in [6, 6.07) is 0. The summed E-state index contributed by atoms with van der Waals surface area (Å²) in [6.45, 7) is 7.34. The second kappa shape index (κ2) is 8.60. The molecule has 0 amide bonds. The van der Waals surface area contributed by atoms with Gasteiger partial charge in [-0.2, -0.15) is 5.10 Å². The molecule has 27 heavy (non-hydrogen) atoms. The van der Waals surface area contributed by atoms with E-state index in [0.29, 0.717) is 11.3 Å². The quantitative estimate of drug-likeness (QED) is 0.827. The minimum Gasteiger partial charge on any atom is -0.381 e. The lowest BCUT2D eigenvalue weighted by molar-refractivity contribution is -0.0310. The molecule has 0 radical (unpaired) electrons. The number of hydrogen-bond donors (Lipinski definition) is 1. The van der Waals surface area contributed by atoms with E-state index < -0.39 is 0 Å². The maximum absolute atomic E-state index is 5.84. The van der Waals surface area contributed by atoms with E-state index in [-0.39, 0.29) is 0 Å². The average Bonchev–Trinajstić information content (AvgIpc) is 3.05. The fourth-order valence-electron chi connectivity index (χ4n) is 5.27. The summed E-state index contributed by atoms with van der Waals surface area (Å²) >= 11 is 0. The van der Waals surface area contributed by atoms with Crippen molar-refractivity contribution in [2.24, 2.45) is 5.41 Å². The largest absolute Gasteiger partial charge is 0.381 e. The molecule has 1 saturated heterocycles.